The summed E-state index contributed by atoms with van der Waals surface area (Å²) in [5.41, 5.74) is 1.35. The van der Waals surface area contributed by atoms with Crippen LogP contribution in [0.1, 0.15) is 15.2 Å². The molecule has 1 aromatic carbocycles. The van der Waals surface area contributed by atoms with Crippen LogP contribution in [0.3, 0.4) is 0 Å². The number of carbonyl (C=O) groups excluding carboxylic acids is 2. The molecule has 2 amide bonds. The number of hydrogen-bond acceptors (Lipinski definition) is 6. The van der Waals surface area contributed by atoms with Gasteiger partial charge in [-0.05, 0) is 36.8 Å². The second kappa shape index (κ2) is 9.44. The summed E-state index contributed by atoms with van der Waals surface area (Å²) in [6.45, 7) is 3.34. The van der Waals surface area contributed by atoms with Crippen LogP contribution in [0.15, 0.2) is 34.5 Å². The number of hydrogen-bond donors (Lipinski definition) is 1. The lowest BCUT2D eigenvalue weighted by Gasteiger charge is -2.26. The number of thiophene rings is 1. The van der Waals surface area contributed by atoms with Crippen LogP contribution in [-0.4, -0.2) is 69.3 Å². The predicted molar refractivity (Wildman–Crippen MR) is 116 cm³/mol. The van der Waals surface area contributed by atoms with Crippen LogP contribution in [0.2, 0.25) is 5.02 Å². The van der Waals surface area contributed by atoms with E-state index in [1.54, 1.807) is 23.1 Å². The van der Waals surface area contributed by atoms with Gasteiger partial charge in [0.2, 0.25) is 5.91 Å². The van der Waals surface area contributed by atoms with Crippen molar-refractivity contribution in [1.82, 2.24) is 9.21 Å². The quantitative estimate of drug-likeness (QED) is 0.698. The molecule has 0 spiro atoms. The summed E-state index contributed by atoms with van der Waals surface area (Å²) in [5, 5.41) is 3.14. The van der Waals surface area contributed by atoms with Crippen molar-refractivity contribution < 1.29 is 22.7 Å². The van der Waals surface area contributed by atoms with Crippen molar-refractivity contribution in [3.05, 3.63) is 45.8 Å². The molecule has 0 bridgehead atoms. The fraction of sp³-hybridized carbons (Fsp3) is 0.368. The Morgan fingerprint density at radius 2 is 1.93 bits per heavy atom. The van der Waals surface area contributed by atoms with Gasteiger partial charge in [-0.15, -0.1) is 11.3 Å². The first-order chi connectivity index (χ1) is 14.2. The Bertz CT molecular complexity index is 1050. The van der Waals surface area contributed by atoms with Gasteiger partial charge in [-0.25, -0.2) is 8.42 Å². The number of nitrogens with zero attached hydrogens (tertiary/aromatic N) is 2. The minimum atomic E-state index is -3.92. The van der Waals surface area contributed by atoms with Crippen molar-refractivity contribution in [2.75, 3.05) is 45.2 Å². The predicted octanol–water partition coefficient (Wildman–Crippen LogP) is 2.44. The Morgan fingerprint density at radius 1 is 1.23 bits per heavy atom. The number of morpholine rings is 1. The molecular weight excluding hydrogens is 450 g/mol. The number of halogens is 1. The van der Waals surface area contributed by atoms with E-state index in [2.05, 4.69) is 5.32 Å². The van der Waals surface area contributed by atoms with E-state index >= 15 is 0 Å². The van der Waals surface area contributed by atoms with Crippen molar-refractivity contribution in [2.45, 2.75) is 11.1 Å². The van der Waals surface area contributed by atoms with Gasteiger partial charge in [0.25, 0.3) is 15.9 Å². The average molecular weight is 472 g/mol. The highest BCUT2D eigenvalue weighted by atomic mass is 35.5. The molecule has 1 saturated heterocycles. The lowest BCUT2D eigenvalue weighted by atomic mass is 10.2. The van der Waals surface area contributed by atoms with Gasteiger partial charge in [0, 0.05) is 30.8 Å². The van der Waals surface area contributed by atoms with Gasteiger partial charge in [-0.3, -0.25) is 9.59 Å². The lowest BCUT2D eigenvalue weighted by Crippen LogP contribution is -2.40. The zero-order valence-corrected chi connectivity index (χ0v) is 18.9. The maximum absolute atomic E-state index is 12.8. The molecule has 1 aliphatic heterocycles. The molecule has 8 nitrogen and oxygen atoms in total. The largest absolute Gasteiger partial charge is 0.378 e. The lowest BCUT2D eigenvalue weighted by molar-refractivity contribution is -0.116. The standard InChI is InChI=1S/C19H22ClN3O5S2/c1-13-3-4-14(11-15(13)20)21-17(24)12-22(2)30(26,27)18-6-5-16(29-18)19(25)23-7-9-28-10-8-23/h3-6,11H,7-10,12H2,1-2H3,(H,21,24). The molecule has 1 fully saturated rings. The van der Waals surface area contributed by atoms with Crippen LogP contribution < -0.4 is 5.32 Å². The molecule has 0 saturated carbocycles. The number of aryl methyl sites for hydroxylation is 1. The second-order valence-electron chi connectivity index (χ2n) is 6.80. The van der Waals surface area contributed by atoms with E-state index in [4.69, 9.17) is 16.3 Å². The molecule has 2 heterocycles. The number of sulfonamides is 1. The fourth-order valence-corrected chi connectivity index (χ4v) is 5.60. The highest BCUT2D eigenvalue weighted by molar-refractivity contribution is 7.91. The highest BCUT2D eigenvalue weighted by Gasteiger charge is 2.27. The summed E-state index contributed by atoms with van der Waals surface area (Å²) >= 11 is 6.94. The summed E-state index contributed by atoms with van der Waals surface area (Å²) < 4.78 is 31.8. The number of nitrogens with one attached hydrogen (secondary N) is 1. The van der Waals surface area contributed by atoms with Crippen molar-refractivity contribution >= 4 is 50.5 Å². The Balaban J connectivity index is 1.65. The third kappa shape index (κ3) is 5.19. The van der Waals surface area contributed by atoms with Gasteiger partial charge >= 0.3 is 0 Å². The van der Waals surface area contributed by atoms with E-state index in [1.807, 2.05) is 6.92 Å². The van der Waals surface area contributed by atoms with Crippen molar-refractivity contribution in [3.8, 4) is 0 Å². The Labute approximate surface area is 184 Å². The van der Waals surface area contributed by atoms with Crippen LogP contribution in [0.25, 0.3) is 0 Å². The summed E-state index contributed by atoms with van der Waals surface area (Å²) in [6.07, 6.45) is 0. The number of likely N-dealkylation sites (N-methyl/N-ethyl adjacent to an activating group) is 1. The molecule has 11 heteroatoms. The molecule has 30 heavy (non-hydrogen) atoms. The van der Waals surface area contributed by atoms with Crippen molar-refractivity contribution in [2.24, 2.45) is 0 Å². The monoisotopic (exact) mass is 471 g/mol. The summed E-state index contributed by atoms with van der Waals surface area (Å²) in [7, 11) is -2.60. The molecule has 1 aromatic heterocycles. The first-order valence-electron chi connectivity index (χ1n) is 9.17. The van der Waals surface area contributed by atoms with Crippen LogP contribution >= 0.6 is 22.9 Å². The molecule has 2 aromatic rings. The summed E-state index contributed by atoms with van der Waals surface area (Å²) in [4.78, 5) is 26.8. The number of carbonyl (C=O) groups is 2. The third-order valence-corrected chi connectivity index (χ3v) is 8.33. The molecule has 0 radical (unpaired) electrons. The highest BCUT2D eigenvalue weighted by Crippen LogP contribution is 2.26. The number of amides is 2. The zero-order chi connectivity index (χ0) is 21.9. The van der Waals surface area contributed by atoms with E-state index < -0.39 is 15.9 Å². The van der Waals surface area contributed by atoms with Gasteiger partial charge in [0.05, 0.1) is 24.6 Å². The van der Waals surface area contributed by atoms with Gasteiger partial charge in [-0.1, -0.05) is 17.7 Å². The first kappa shape index (κ1) is 22.7. The molecule has 3 rings (SSSR count). The fourth-order valence-electron chi connectivity index (χ4n) is 2.81. The van der Waals surface area contributed by atoms with E-state index in [0.29, 0.717) is 41.9 Å². The zero-order valence-electron chi connectivity index (χ0n) is 16.6. The Morgan fingerprint density at radius 3 is 2.60 bits per heavy atom. The minimum Gasteiger partial charge on any atom is -0.378 e. The number of benzene rings is 1. The van der Waals surface area contributed by atoms with Crippen molar-refractivity contribution in [3.63, 3.8) is 0 Å². The maximum Gasteiger partial charge on any atom is 0.264 e. The third-order valence-electron chi connectivity index (χ3n) is 4.58. The summed E-state index contributed by atoms with van der Waals surface area (Å²) in [5.74, 6) is -0.719. The number of rotatable bonds is 6. The van der Waals surface area contributed by atoms with E-state index in [1.165, 1.54) is 19.2 Å². The van der Waals surface area contributed by atoms with Gasteiger partial charge < -0.3 is 15.0 Å². The summed E-state index contributed by atoms with van der Waals surface area (Å²) in [6, 6.07) is 7.94. The van der Waals surface area contributed by atoms with E-state index in [9.17, 15) is 18.0 Å². The van der Waals surface area contributed by atoms with Crippen LogP contribution in [0.4, 0.5) is 5.69 Å². The molecular formula is C19H22ClN3O5S2. The van der Waals surface area contributed by atoms with Crippen molar-refractivity contribution in [1.29, 1.82) is 0 Å². The molecule has 0 atom stereocenters. The second-order valence-corrected chi connectivity index (χ2v) is 10.6. The average Bonchev–Trinajstić information content (AvgIpc) is 3.22. The van der Waals surface area contributed by atoms with Crippen LogP contribution in [0.5, 0.6) is 0 Å². The van der Waals surface area contributed by atoms with Gasteiger partial charge in [-0.2, -0.15) is 4.31 Å². The maximum atomic E-state index is 12.8. The SMILES string of the molecule is Cc1ccc(NC(=O)CN(C)S(=O)(=O)c2ccc(C(=O)N3CCOCC3)s2)cc1Cl. The normalized spacial score (nSPS) is 14.7. The number of anilines is 1. The Kier molecular flexibility index (Phi) is 7.14. The van der Waals surface area contributed by atoms with Gasteiger partial charge in [0.15, 0.2) is 0 Å². The van der Waals surface area contributed by atoms with Gasteiger partial charge in [0.1, 0.15) is 4.21 Å². The Hall–Kier alpha value is -1.98. The van der Waals surface area contributed by atoms with Crippen LogP contribution in [0, 0.1) is 6.92 Å². The van der Waals surface area contributed by atoms with E-state index in [-0.39, 0.29) is 16.7 Å². The molecule has 1 aliphatic rings. The van der Waals surface area contributed by atoms with Crippen LogP contribution in [-0.2, 0) is 19.6 Å². The first-order valence-corrected chi connectivity index (χ1v) is 11.8. The number of ether oxygens (including phenoxy) is 1. The molecule has 162 valence electrons. The molecule has 0 aliphatic carbocycles. The molecule has 1 N–H and O–H groups in total. The topological polar surface area (TPSA) is 96.0 Å². The smallest absolute Gasteiger partial charge is 0.264 e. The minimum absolute atomic E-state index is 0.00721. The molecule has 0 unspecified atom stereocenters. The van der Waals surface area contributed by atoms with E-state index in [0.717, 1.165) is 21.2 Å².